The van der Waals surface area contributed by atoms with Gasteiger partial charge in [-0.25, -0.2) is 0 Å². The molecule has 1 saturated heterocycles. The third kappa shape index (κ3) is 5.93. The van der Waals surface area contributed by atoms with Crippen molar-refractivity contribution in [2.24, 2.45) is 0 Å². The number of piperazine rings is 1. The molecule has 2 aliphatic rings. The molecule has 0 spiro atoms. The molecular formula is C30H30ClN3O2S. The molecule has 190 valence electrons. The maximum Gasteiger partial charge on any atom is 0.265 e. The van der Waals surface area contributed by atoms with E-state index < -0.39 is 0 Å². The van der Waals surface area contributed by atoms with Crippen LogP contribution in [0.15, 0.2) is 82.6 Å². The van der Waals surface area contributed by atoms with Crippen LogP contribution in [0.25, 0.3) is 6.08 Å². The van der Waals surface area contributed by atoms with E-state index in [0.717, 1.165) is 60.9 Å². The van der Waals surface area contributed by atoms with Crippen LogP contribution < -0.4 is 4.90 Å². The SMILES string of the molecule is CCCN1CCN(C(=O)c2ccc(/C=C3/Sc4ccccc4N(Cc4cccc(Cl)c4)C3=O)cc2)CC1. The Morgan fingerprint density at radius 1 is 0.973 bits per heavy atom. The molecule has 0 saturated carbocycles. The van der Waals surface area contributed by atoms with Crippen LogP contribution in [0.1, 0.15) is 34.8 Å². The van der Waals surface area contributed by atoms with Crippen molar-refractivity contribution in [1.29, 1.82) is 0 Å². The van der Waals surface area contributed by atoms with Crippen LogP contribution in [0.5, 0.6) is 0 Å². The van der Waals surface area contributed by atoms with Crippen LogP contribution in [0.4, 0.5) is 5.69 Å². The second kappa shape index (κ2) is 11.5. The molecule has 2 aliphatic heterocycles. The fourth-order valence-corrected chi connectivity index (χ4v) is 6.06. The van der Waals surface area contributed by atoms with Crippen molar-refractivity contribution in [3.8, 4) is 0 Å². The van der Waals surface area contributed by atoms with Crippen LogP contribution in [-0.2, 0) is 11.3 Å². The van der Waals surface area contributed by atoms with Crippen LogP contribution in [0.2, 0.25) is 5.02 Å². The summed E-state index contributed by atoms with van der Waals surface area (Å²) in [6.45, 7) is 7.08. The molecule has 5 rings (SSSR count). The smallest absolute Gasteiger partial charge is 0.265 e. The van der Waals surface area contributed by atoms with E-state index in [1.54, 1.807) is 4.90 Å². The number of nitrogens with zero attached hydrogens (tertiary/aromatic N) is 3. The number of carbonyl (C=O) groups is 2. The molecule has 0 aromatic heterocycles. The number of anilines is 1. The Bertz CT molecular complexity index is 1320. The van der Waals surface area contributed by atoms with Crippen LogP contribution >= 0.6 is 23.4 Å². The van der Waals surface area contributed by atoms with Crippen molar-refractivity contribution < 1.29 is 9.59 Å². The quantitative estimate of drug-likeness (QED) is 0.356. The molecule has 1 fully saturated rings. The van der Waals surface area contributed by atoms with E-state index in [2.05, 4.69) is 11.8 Å². The van der Waals surface area contributed by atoms with Crippen LogP contribution in [-0.4, -0.2) is 54.3 Å². The highest BCUT2D eigenvalue weighted by Crippen LogP contribution is 2.42. The van der Waals surface area contributed by atoms with Gasteiger partial charge in [-0.1, -0.05) is 66.7 Å². The average Bonchev–Trinajstić information content (AvgIpc) is 2.92. The Morgan fingerprint density at radius 2 is 1.73 bits per heavy atom. The van der Waals surface area contributed by atoms with Crippen molar-refractivity contribution in [3.63, 3.8) is 0 Å². The third-order valence-corrected chi connectivity index (χ3v) is 8.03. The highest BCUT2D eigenvalue weighted by molar-refractivity contribution is 8.04. The molecule has 0 unspecified atom stereocenters. The fraction of sp³-hybridized carbons (Fsp3) is 0.267. The van der Waals surface area contributed by atoms with Gasteiger partial charge in [0.25, 0.3) is 11.8 Å². The predicted octanol–water partition coefficient (Wildman–Crippen LogP) is 6.19. The molecule has 0 bridgehead atoms. The maximum atomic E-state index is 13.6. The maximum absolute atomic E-state index is 13.6. The minimum atomic E-state index is -0.0474. The monoisotopic (exact) mass is 531 g/mol. The third-order valence-electron chi connectivity index (χ3n) is 6.72. The van der Waals surface area contributed by atoms with Crippen molar-refractivity contribution in [2.75, 3.05) is 37.6 Å². The Labute approximate surface area is 227 Å². The van der Waals surface area contributed by atoms with E-state index in [1.165, 1.54) is 11.8 Å². The first-order valence-electron chi connectivity index (χ1n) is 12.7. The van der Waals surface area contributed by atoms with Gasteiger partial charge in [-0.05, 0) is 66.6 Å². The topological polar surface area (TPSA) is 43.9 Å². The van der Waals surface area contributed by atoms with Gasteiger partial charge in [-0.15, -0.1) is 0 Å². The van der Waals surface area contributed by atoms with Gasteiger partial charge in [0.2, 0.25) is 0 Å². The first-order chi connectivity index (χ1) is 18.0. The second-order valence-corrected chi connectivity index (χ2v) is 10.9. The van der Waals surface area contributed by atoms with E-state index in [1.807, 2.05) is 83.8 Å². The summed E-state index contributed by atoms with van der Waals surface area (Å²) < 4.78 is 0. The molecule has 2 heterocycles. The zero-order chi connectivity index (χ0) is 25.8. The molecule has 0 atom stereocenters. The van der Waals surface area contributed by atoms with Crippen molar-refractivity contribution >= 4 is 46.9 Å². The summed E-state index contributed by atoms with van der Waals surface area (Å²) in [6.07, 6.45) is 3.04. The van der Waals surface area contributed by atoms with Crippen molar-refractivity contribution in [3.05, 3.63) is 99.4 Å². The summed E-state index contributed by atoms with van der Waals surface area (Å²) in [7, 11) is 0. The first-order valence-corrected chi connectivity index (χ1v) is 13.9. The Balaban J connectivity index is 1.33. The number of hydrogen-bond acceptors (Lipinski definition) is 4. The highest BCUT2D eigenvalue weighted by atomic mass is 35.5. The average molecular weight is 532 g/mol. The Kier molecular flexibility index (Phi) is 7.99. The zero-order valence-corrected chi connectivity index (χ0v) is 22.5. The van der Waals surface area contributed by atoms with E-state index in [-0.39, 0.29) is 11.8 Å². The number of halogens is 1. The molecular weight excluding hydrogens is 502 g/mol. The van der Waals surface area contributed by atoms with E-state index in [9.17, 15) is 9.59 Å². The summed E-state index contributed by atoms with van der Waals surface area (Å²) in [5, 5.41) is 0.651. The van der Waals surface area contributed by atoms with Crippen LogP contribution in [0, 0.1) is 0 Å². The summed E-state index contributed by atoms with van der Waals surface area (Å²) in [4.78, 5) is 34.4. The van der Waals surface area contributed by atoms with Crippen molar-refractivity contribution in [1.82, 2.24) is 9.80 Å². The Morgan fingerprint density at radius 3 is 2.46 bits per heavy atom. The minimum absolute atomic E-state index is 0.0474. The molecule has 3 aromatic rings. The normalized spacial score (nSPS) is 17.2. The first kappa shape index (κ1) is 25.6. The van der Waals surface area contributed by atoms with E-state index in [4.69, 9.17) is 11.6 Å². The Hall–Kier alpha value is -3.06. The summed E-state index contributed by atoms with van der Waals surface area (Å²) in [5.74, 6) is 0.0221. The number of para-hydroxylation sites is 1. The lowest BCUT2D eigenvalue weighted by molar-refractivity contribution is -0.114. The van der Waals surface area contributed by atoms with Gasteiger partial charge < -0.3 is 9.80 Å². The van der Waals surface area contributed by atoms with Crippen molar-refractivity contribution in [2.45, 2.75) is 24.8 Å². The van der Waals surface area contributed by atoms with E-state index in [0.29, 0.717) is 22.0 Å². The lowest BCUT2D eigenvalue weighted by Gasteiger charge is -2.34. The second-order valence-electron chi connectivity index (χ2n) is 9.36. The number of amides is 2. The summed E-state index contributed by atoms with van der Waals surface area (Å²) in [5.41, 5.74) is 3.44. The highest BCUT2D eigenvalue weighted by Gasteiger charge is 2.29. The lowest BCUT2D eigenvalue weighted by Crippen LogP contribution is -2.48. The molecule has 0 aliphatic carbocycles. The number of thioether (sulfide) groups is 1. The molecule has 5 nitrogen and oxygen atoms in total. The van der Waals surface area contributed by atoms with Gasteiger partial charge in [0.05, 0.1) is 17.1 Å². The predicted molar refractivity (Wildman–Crippen MR) is 152 cm³/mol. The number of rotatable bonds is 6. The largest absolute Gasteiger partial charge is 0.336 e. The number of carbonyl (C=O) groups excluding carboxylic acids is 2. The number of hydrogen-bond donors (Lipinski definition) is 0. The lowest BCUT2D eigenvalue weighted by atomic mass is 10.1. The van der Waals surface area contributed by atoms with E-state index >= 15 is 0 Å². The zero-order valence-electron chi connectivity index (χ0n) is 20.9. The molecule has 7 heteroatoms. The fourth-order valence-electron chi connectivity index (χ4n) is 4.78. The van der Waals surface area contributed by atoms with Gasteiger partial charge in [0.1, 0.15) is 0 Å². The van der Waals surface area contributed by atoms with Gasteiger partial charge in [-0.3, -0.25) is 14.5 Å². The summed E-state index contributed by atoms with van der Waals surface area (Å²) >= 11 is 7.67. The molecule has 37 heavy (non-hydrogen) atoms. The molecule has 0 N–H and O–H groups in total. The van der Waals surface area contributed by atoms with Gasteiger partial charge in [-0.2, -0.15) is 0 Å². The standard InChI is InChI=1S/C30H30ClN3O2S/c1-2-14-32-15-17-33(18-16-32)29(35)24-12-10-22(11-13-24)20-28-30(36)34(21-23-6-5-7-25(31)19-23)26-8-3-4-9-27(26)37-28/h3-13,19-20H,2,14-18,21H2,1H3/b28-20+. The molecule has 2 amide bonds. The number of benzene rings is 3. The van der Waals surface area contributed by atoms with Crippen LogP contribution in [0.3, 0.4) is 0 Å². The van der Waals surface area contributed by atoms with Gasteiger partial charge in [0.15, 0.2) is 0 Å². The minimum Gasteiger partial charge on any atom is -0.336 e. The van der Waals surface area contributed by atoms with Gasteiger partial charge >= 0.3 is 0 Å². The van der Waals surface area contributed by atoms with Gasteiger partial charge in [0, 0.05) is 41.7 Å². The molecule has 3 aromatic carbocycles. The molecule has 0 radical (unpaired) electrons. The summed E-state index contributed by atoms with van der Waals surface area (Å²) in [6, 6.07) is 23.1. The number of fused-ring (bicyclic) bond motifs is 1.